The zero-order valence-corrected chi connectivity index (χ0v) is 13.9. The number of rotatable bonds is 7. The fourth-order valence-electron chi connectivity index (χ4n) is 2.53. The van der Waals surface area contributed by atoms with Crippen LogP contribution < -0.4 is 10.6 Å². The van der Waals surface area contributed by atoms with Crippen LogP contribution in [-0.4, -0.2) is 56.2 Å². The Morgan fingerprint density at radius 2 is 1.96 bits per heavy atom. The summed E-state index contributed by atoms with van der Waals surface area (Å²) in [7, 11) is 1.73. The van der Waals surface area contributed by atoms with Crippen LogP contribution in [0.25, 0.3) is 0 Å². The van der Waals surface area contributed by atoms with Crippen molar-refractivity contribution in [2.45, 2.75) is 25.4 Å². The highest BCUT2D eigenvalue weighted by Crippen LogP contribution is 2.12. The molecule has 1 saturated heterocycles. The van der Waals surface area contributed by atoms with Gasteiger partial charge in [-0.05, 0) is 30.5 Å². The molecule has 1 heterocycles. The molecule has 1 aliphatic rings. The number of hydrogen-bond donors (Lipinski definition) is 2. The van der Waals surface area contributed by atoms with E-state index in [4.69, 9.17) is 4.74 Å². The van der Waals surface area contributed by atoms with E-state index >= 15 is 0 Å². The van der Waals surface area contributed by atoms with Crippen LogP contribution in [0.3, 0.4) is 0 Å². The molecule has 0 saturated carbocycles. The van der Waals surface area contributed by atoms with Crippen LogP contribution in [0.15, 0.2) is 24.3 Å². The number of amides is 3. The minimum Gasteiger partial charge on any atom is -0.376 e. The molecule has 0 spiro atoms. The maximum atomic E-state index is 12.8. The van der Waals surface area contributed by atoms with Gasteiger partial charge >= 0.3 is 6.03 Å². The Morgan fingerprint density at radius 3 is 2.62 bits per heavy atom. The Morgan fingerprint density at radius 1 is 1.25 bits per heavy atom. The second-order valence-electron chi connectivity index (χ2n) is 5.90. The number of halogens is 1. The van der Waals surface area contributed by atoms with Gasteiger partial charge in [-0.1, -0.05) is 12.1 Å². The molecule has 0 radical (unpaired) electrons. The van der Waals surface area contributed by atoms with Crippen molar-refractivity contribution >= 4 is 11.9 Å². The monoisotopic (exact) mass is 337 g/mol. The highest BCUT2D eigenvalue weighted by molar-refractivity contribution is 5.78. The van der Waals surface area contributed by atoms with Crippen molar-refractivity contribution in [1.82, 2.24) is 15.5 Å². The second-order valence-corrected chi connectivity index (χ2v) is 5.90. The quantitative estimate of drug-likeness (QED) is 0.737. The molecule has 132 valence electrons. The number of carbonyl (C=O) groups excluding carboxylic acids is 2. The molecule has 1 aliphatic heterocycles. The van der Waals surface area contributed by atoms with E-state index in [1.54, 1.807) is 24.1 Å². The average molecular weight is 337 g/mol. The molecule has 1 fully saturated rings. The molecule has 0 aromatic heterocycles. The summed E-state index contributed by atoms with van der Waals surface area (Å²) in [4.78, 5) is 25.3. The van der Waals surface area contributed by atoms with E-state index in [2.05, 4.69) is 10.6 Å². The lowest BCUT2D eigenvalue weighted by Crippen LogP contribution is -2.43. The van der Waals surface area contributed by atoms with E-state index in [1.165, 1.54) is 12.1 Å². The molecule has 1 atom stereocenters. The standard InChI is InChI=1S/C17H24FN3O3/c1-21(12-15-3-2-10-24-15)17(23)20-9-8-19-16(22)11-13-4-6-14(18)7-5-13/h4-7,15H,2-3,8-12H2,1H3,(H,19,22)(H,20,23)/t15-/m1/s1. The molecule has 0 bridgehead atoms. The zero-order valence-electron chi connectivity index (χ0n) is 13.9. The molecule has 1 aromatic carbocycles. The third kappa shape index (κ3) is 6.16. The number of benzene rings is 1. The maximum absolute atomic E-state index is 12.8. The first-order chi connectivity index (χ1) is 11.5. The first-order valence-corrected chi connectivity index (χ1v) is 8.16. The predicted molar refractivity (Wildman–Crippen MR) is 88.1 cm³/mol. The lowest BCUT2D eigenvalue weighted by atomic mass is 10.1. The summed E-state index contributed by atoms with van der Waals surface area (Å²) in [6, 6.07) is 5.63. The van der Waals surface area contributed by atoms with Gasteiger partial charge in [-0.2, -0.15) is 0 Å². The molecule has 3 amide bonds. The average Bonchev–Trinajstić information content (AvgIpc) is 3.06. The van der Waals surface area contributed by atoms with Crippen molar-refractivity contribution in [3.8, 4) is 0 Å². The van der Waals surface area contributed by atoms with Gasteiger partial charge in [-0.15, -0.1) is 0 Å². The lowest BCUT2D eigenvalue weighted by molar-refractivity contribution is -0.120. The van der Waals surface area contributed by atoms with E-state index in [-0.39, 0.29) is 30.3 Å². The number of ether oxygens (including phenoxy) is 1. The molecule has 7 heteroatoms. The molecule has 2 N–H and O–H groups in total. The SMILES string of the molecule is CN(C[C@H]1CCCO1)C(=O)NCCNC(=O)Cc1ccc(F)cc1. The molecule has 0 aliphatic carbocycles. The van der Waals surface area contributed by atoms with Gasteiger partial charge in [-0.25, -0.2) is 9.18 Å². The third-order valence-electron chi connectivity index (χ3n) is 3.85. The summed E-state index contributed by atoms with van der Waals surface area (Å²) >= 11 is 0. The highest BCUT2D eigenvalue weighted by atomic mass is 19.1. The second kappa shape index (κ2) is 9.22. The molecule has 6 nitrogen and oxygen atoms in total. The largest absolute Gasteiger partial charge is 0.376 e. The number of carbonyl (C=O) groups is 2. The van der Waals surface area contributed by atoms with Crippen LogP contribution in [0.4, 0.5) is 9.18 Å². The molecule has 1 aromatic rings. The minimum absolute atomic E-state index is 0.121. The van der Waals surface area contributed by atoms with E-state index in [0.29, 0.717) is 19.6 Å². The third-order valence-corrected chi connectivity index (χ3v) is 3.85. The van der Waals surface area contributed by atoms with Gasteiger partial charge in [-0.3, -0.25) is 4.79 Å². The number of nitrogens with zero attached hydrogens (tertiary/aromatic N) is 1. The minimum atomic E-state index is -0.325. The van der Waals surface area contributed by atoms with Gasteiger partial charge in [0.15, 0.2) is 0 Å². The number of urea groups is 1. The van der Waals surface area contributed by atoms with Crippen molar-refractivity contribution in [3.63, 3.8) is 0 Å². The predicted octanol–water partition coefficient (Wildman–Crippen LogP) is 1.30. The Bertz CT molecular complexity index is 545. The van der Waals surface area contributed by atoms with E-state index in [9.17, 15) is 14.0 Å². The van der Waals surface area contributed by atoms with Crippen LogP contribution in [0.1, 0.15) is 18.4 Å². The molecule has 24 heavy (non-hydrogen) atoms. The maximum Gasteiger partial charge on any atom is 0.317 e. The van der Waals surface area contributed by atoms with Crippen molar-refractivity contribution in [2.24, 2.45) is 0 Å². The molecule has 0 unspecified atom stereocenters. The van der Waals surface area contributed by atoms with Gasteiger partial charge in [0, 0.05) is 33.3 Å². The zero-order chi connectivity index (χ0) is 17.4. The van der Waals surface area contributed by atoms with Gasteiger partial charge in [0.1, 0.15) is 5.82 Å². The summed E-state index contributed by atoms with van der Waals surface area (Å²) in [5.74, 6) is -0.488. The van der Waals surface area contributed by atoms with Gasteiger partial charge in [0.05, 0.1) is 12.5 Å². The number of likely N-dealkylation sites (N-methyl/N-ethyl adjacent to an activating group) is 1. The van der Waals surface area contributed by atoms with E-state index in [0.717, 1.165) is 25.0 Å². The Kier molecular flexibility index (Phi) is 6.99. The normalized spacial score (nSPS) is 16.7. The van der Waals surface area contributed by atoms with Crippen molar-refractivity contribution in [1.29, 1.82) is 0 Å². The fourth-order valence-corrected chi connectivity index (χ4v) is 2.53. The van der Waals surface area contributed by atoms with Crippen LogP contribution in [0.2, 0.25) is 0 Å². The first kappa shape index (κ1) is 18.2. The summed E-state index contributed by atoms with van der Waals surface area (Å²) in [5, 5.41) is 5.47. The number of nitrogens with one attached hydrogen (secondary N) is 2. The number of hydrogen-bond acceptors (Lipinski definition) is 3. The van der Waals surface area contributed by atoms with E-state index in [1.807, 2.05) is 0 Å². The smallest absolute Gasteiger partial charge is 0.317 e. The summed E-state index contributed by atoms with van der Waals surface area (Å²) < 4.78 is 18.3. The van der Waals surface area contributed by atoms with Gasteiger partial charge < -0.3 is 20.3 Å². The Hall–Kier alpha value is -2.15. The summed E-state index contributed by atoms with van der Waals surface area (Å²) in [5.41, 5.74) is 0.745. The van der Waals surface area contributed by atoms with Crippen LogP contribution in [-0.2, 0) is 16.0 Å². The molecular weight excluding hydrogens is 313 g/mol. The first-order valence-electron chi connectivity index (χ1n) is 8.16. The van der Waals surface area contributed by atoms with Crippen molar-refractivity contribution < 1.29 is 18.7 Å². The molecule has 2 rings (SSSR count). The highest BCUT2D eigenvalue weighted by Gasteiger charge is 2.19. The van der Waals surface area contributed by atoms with Crippen LogP contribution >= 0.6 is 0 Å². The van der Waals surface area contributed by atoms with E-state index < -0.39 is 0 Å². The van der Waals surface area contributed by atoms with Gasteiger partial charge in [0.2, 0.25) is 5.91 Å². The molecular formula is C17H24FN3O3. The lowest BCUT2D eigenvalue weighted by Gasteiger charge is -2.21. The fraction of sp³-hybridized carbons (Fsp3) is 0.529. The van der Waals surface area contributed by atoms with Crippen molar-refractivity contribution in [2.75, 3.05) is 33.3 Å². The van der Waals surface area contributed by atoms with Crippen LogP contribution in [0.5, 0.6) is 0 Å². The Balaban J connectivity index is 1.58. The Labute approximate surface area is 141 Å². The topological polar surface area (TPSA) is 70.7 Å². The summed E-state index contributed by atoms with van der Waals surface area (Å²) in [6.07, 6.45) is 2.33. The van der Waals surface area contributed by atoms with Gasteiger partial charge in [0.25, 0.3) is 0 Å². The summed E-state index contributed by atoms with van der Waals surface area (Å²) in [6.45, 7) is 2.03. The van der Waals surface area contributed by atoms with Crippen LogP contribution in [0, 0.1) is 5.82 Å². The van der Waals surface area contributed by atoms with Crippen molar-refractivity contribution in [3.05, 3.63) is 35.6 Å².